The van der Waals surface area contributed by atoms with Gasteiger partial charge in [0.15, 0.2) is 0 Å². The third-order valence-corrected chi connectivity index (χ3v) is 3.13. The molecule has 0 N–H and O–H groups in total. The minimum absolute atomic E-state index is 0.0588. The average Bonchev–Trinajstić information content (AvgIpc) is 2.72. The van der Waals surface area contributed by atoms with Gasteiger partial charge in [0.05, 0.1) is 5.69 Å². The smallest absolute Gasteiger partial charge is 0.227 e. The van der Waals surface area contributed by atoms with Gasteiger partial charge in [-0.15, -0.1) is 0 Å². The van der Waals surface area contributed by atoms with E-state index in [2.05, 4.69) is 10.0 Å². The van der Waals surface area contributed by atoms with E-state index in [9.17, 15) is 13.6 Å². The molecule has 0 aliphatic carbocycles. The predicted molar refractivity (Wildman–Crippen MR) is 65.6 cm³/mol. The number of carbonyl (C=O) groups is 1. The van der Waals surface area contributed by atoms with Crippen molar-refractivity contribution in [1.82, 2.24) is 0 Å². The van der Waals surface area contributed by atoms with Crippen molar-refractivity contribution in [3.63, 3.8) is 0 Å². The molecule has 2 rings (SSSR count). The Bertz CT molecular complexity index is 569. The fourth-order valence-electron chi connectivity index (χ4n) is 2.13. The van der Waals surface area contributed by atoms with Crippen molar-refractivity contribution in [2.24, 2.45) is 11.0 Å². The summed E-state index contributed by atoms with van der Waals surface area (Å²) in [5.74, 6) is -1.63. The standard InChI is InChI=1S/C12H12F2N4O/c1-7-2-10(14)11(4-9(7)13)18-6-8(3-12(18)19)5-16-17-15/h2,4,8H,3,5-6H2,1H3. The second-order valence-corrected chi connectivity index (χ2v) is 4.54. The van der Waals surface area contributed by atoms with Gasteiger partial charge in [0.1, 0.15) is 11.6 Å². The van der Waals surface area contributed by atoms with Crippen molar-refractivity contribution in [2.75, 3.05) is 18.0 Å². The first-order valence-corrected chi connectivity index (χ1v) is 5.79. The zero-order chi connectivity index (χ0) is 14.0. The molecule has 0 saturated carbocycles. The minimum atomic E-state index is -0.628. The van der Waals surface area contributed by atoms with Crippen LogP contribution in [0.25, 0.3) is 10.4 Å². The molecule has 1 atom stereocenters. The molecule has 0 aromatic heterocycles. The number of rotatable bonds is 3. The number of carbonyl (C=O) groups excluding carboxylic acids is 1. The van der Waals surface area contributed by atoms with Crippen molar-refractivity contribution in [3.8, 4) is 0 Å². The molecule has 1 aromatic rings. The summed E-state index contributed by atoms with van der Waals surface area (Å²) >= 11 is 0. The van der Waals surface area contributed by atoms with Crippen LogP contribution in [-0.4, -0.2) is 19.0 Å². The summed E-state index contributed by atoms with van der Waals surface area (Å²) in [4.78, 5) is 15.6. The van der Waals surface area contributed by atoms with E-state index in [4.69, 9.17) is 5.53 Å². The van der Waals surface area contributed by atoms with Crippen LogP contribution in [-0.2, 0) is 4.79 Å². The largest absolute Gasteiger partial charge is 0.309 e. The van der Waals surface area contributed by atoms with E-state index in [1.807, 2.05) is 0 Å². The normalized spacial score (nSPS) is 18.6. The summed E-state index contributed by atoms with van der Waals surface area (Å²) in [6.07, 6.45) is 0.175. The molecule has 7 heteroatoms. The van der Waals surface area contributed by atoms with E-state index >= 15 is 0 Å². The molecule has 1 saturated heterocycles. The topological polar surface area (TPSA) is 69.1 Å². The summed E-state index contributed by atoms with van der Waals surface area (Å²) in [5, 5.41) is 3.40. The number of nitrogens with zero attached hydrogens (tertiary/aromatic N) is 4. The van der Waals surface area contributed by atoms with Crippen molar-refractivity contribution in [1.29, 1.82) is 0 Å². The molecule has 1 heterocycles. The zero-order valence-corrected chi connectivity index (χ0v) is 10.3. The molecular weight excluding hydrogens is 254 g/mol. The molecular formula is C12H12F2N4O. The van der Waals surface area contributed by atoms with Crippen LogP contribution in [0.1, 0.15) is 12.0 Å². The van der Waals surface area contributed by atoms with Crippen molar-refractivity contribution in [3.05, 3.63) is 39.8 Å². The first kappa shape index (κ1) is 13.3. The molecule has 0 radical (unpaired) electrons. The van der Waals surface area contributed by atoms with Gasteiger partial charge in [-0.25, -0.2) is 8.78 Å². The lowest BCUT2D eigenvalue weighted by Crippen LogP contribution is -2.26. The van der Waals surface area contributed by atoms with Gasteiger partial charge in [-0.05, 0) is 30.0 Å². The number of azide groups is 1. The van der Waals surface area contributed by atoms with Gasteiger partial charge in [-0.3, -0.25) is 4.79 Å². The highest BCUT2D eigenvalue weighted by Crippen LogP contribution is 2.29. The monoisotopic (exact) mass is 266 g/mol. The van der Waals surface area contributed by atoms with Crippen LogP contribution in [0, 0.1) is 24.5 Å². The van der Waals surface area contributed by atoms with Crippen molar-refractivity contribution in [2.45, 2.75) is 13.3 Å². The number of hydrogen-bond acceptors (Lipinski definition) is 2. The molecule has 1 fully saturated rings. The molecule has 0 bridgehead atoms. The van der Waals surface area contributed by atoms with E-state index in [0.29, 0.717) is 0 Å². The van der Waals surface area contributed by atoms with E-state index in [0.717, 1.165) is 12.1 Å². The van der Waals surface area contributed by atoms with Crippen LogP contribution < -0.4 is 4.90 Å². The van der Waals surface area contributed by atoms with E-state index in [1.165, 1.54) is 11.8 Å². The van der Waals surface area contributed by atoms with E-state index in [-0.39, 0.29) is 42.6 Å². The lowest BCUT2D eigenvalue weighted by molar-refractivity contribution is -0.117. The third kappa shape index (κ3) is 2.66. The SMILES string of the molecule is Cc1cc(F)c(N2CC(CN=[N+]=[N-])CC2=O)cc1F. The zero-order valence-electron chi connectivity index (χ0n) is 10.3. The van der Waals surface area contributed by atoms with Gasteiger partial charge in [-0.2, -0.15) is 0 Å². The Balaban J connectivity index is 2.25. The Morgan fingerprint density at radius 2 is 2.21 bits per heavy atom. The van der Waals surface area contributed by atoms with Crippen LogP contribution in [0.15, 0.2) is 17.2 Å². The average molecular weight is 266 g/mol. The van der Waals surface area contributed by atoms with Gasteiger partial charge in [0.2, 0.25) is 5.91 Å². The molecule has 0 spiro atoms. The predicted octanol–water partition coefficient (Wildman–Crippen LogP) is 2.94. The summed E-state index contributed by atoms with van der Waals surface area (Å²) in [7, 11) is 0. The molecule has 1 aliphatic heterocycles. The van der Waals surface area contributed by atoms with Crippen LogP contribution in [0.5, 0.6) is 0 Å². The Morgan fingerprint density at radius 3 is 2.89 bits per heavy atom. The summed E-state index contributed by atoms with van der Waals surface area (Å²) in [5.41, 5.74) is 8.37. The maximum Gasteiger partial charge on any atom is 0.227 e. The van der Waals surface area contributed by atoms with Crippen LogP contribution in [0.4, 0.5) is 14.5 Å². The van der Waals surface area contributed by atoms with Crippen molar-refractivity contribution >= 4 is 11.6 Å². The number of benzene rings is 1. The highest BCUT2D eigenvalue weighted by Gasteiger charge is 2.32. The van der Waals surface area contributed by atoms with Gasteiger partial charge >= 0.3 is 0 Å². The Hall–Kier alpha value is -2.14. The second-order valence-electron chi connectivity index (χ2n) is 4.54. The number of aryl methyl sites for hydroxylation is 1. The van der Waals surface area contributed by atoms with Gasteiger partial charge < -0.3 is 4.90 Å². The molecule has 1 aliphatic rings. The highest BCUT2D eigenvalue weighted by molar-refractivity contribution is 5.95. The fourth-order valence-corrected chi connectivity index (χ4v) is 2.13. The van der Waals surface area contributed by atoms with Crippen LogP contribution in [0.2, 0.25) is 0 Å². The van der Waals surface area contributed by atoms with Gasteiger partial charge in [0.25, 0.3) is 0 Å². The maximum absolute atomic E-state index is 13.8. The number of anilines is 1. The maximum atomic E-state index is 13.8. The van der Waals surface area contributed by atoms with Crippen LogP contribution >= 0.6 is 0 Å². The Morgan fingerprint density at radius 1 is 1.47 bits per heavy atom. The Labute approximate surface area is 108 Å². The summed E-state index contributed by atoms with van der Waals surface area (Å²) in [6, 6.07) is 2.09. The second kappa shape index (κ2) is 5.24. The van der Waals surface area contributed by atoms with Gasteiger partial charge in [-0.1, -0.05) is 5.11 Å². The molecule has 5 nitrogen and oxygen atoms in total. The lowest BCUT2D eigenvalue weighted by atomic mass is 10.1. The quantitative estimate of drug-likeness (QED) is 0.471. The first-order valence-electron chi connectivity index (χ1n) is 5.79. The number of amides is 1. The van der Waals surface area contributed by atoms with E-state index < -0.39 is 11.6 Å². The molecule has 19 heavy (non-hydrogen) atoms. The highest BCUT2D eigenvalue weighted by atomic mass is 19.1. The molecule has 1 amide bonds. The third-order valence-electron chi connectivity index (χ3n) is 3.13. The summed E-state index contributed by atoms with van der Waals surface area (Å²) in [6.45, 7) is 1.87. The van der Waals surface area contributed by atoms with Crippen LogP contribution in [0.3, 0.4) is 0 Å². The first-order chi connectivity index (χ1) is 9.02. The van der Waals surface area contributed by atoms with E-state index in [1.54, 1.807) is 0 Å². The number of halogens is 2. The van der Waals surface area contributed by atoms with Gasteiger partial charge in [0, 0.05) is 30.5 Å². The lowest BCUT2D eigenvalue weighted by Gasteiger charge is -2.18. The Kier molecular flexibility index (Phi) is 3.66. The minimum Gasteiger partial charge on any atom is -0.309 e. The summed E-state index contributed by atoms with van der Waals surface area (Å²) < 4.78 is 27.3. The number of hydrogen-bond donors (Lipinski definition) is 0. The molecule has 1 unspecified atom stereocenters. The molecule has 1 aromatic carbocycles. The fraction of sp³-hybridized carbons (Fsp3) is 0.417. The molecule has 100 valence electrons. The van der Waals surface area contributed by atoms with Crippen molar-refractivity contribution < 1.29 is 13.6 Å².